The molecule has 1 heterocycles. The summed E-state index contributed by atoms with van der Waals surface area (Å²) in [5.41, 5.74) is 3.53. The summed E-state index contributed by atoms with van der Waals surface area (Å²) in [5.74, 6) is -0.145. The molecule has 4 nitrogen and oxygen atoms in total. The van der Waals surface area contributed by atoms with Gasteiger partial charge < -0.3 is 9.84 Å². The maximum atomic E-state index is 11.4. The quantitative estimate of drug-likeness (QED) is 0.419. The van der Waals surface area contributed by atoms with E-state index < -0.39 is 5.97 Å². The van der Waals surface area contributed by atoms with Crippen LogP contribution in [0.4, 0.5) is 0 Å². The Morgan fingerprint density at radius 2 is 1.79 bits per heavy atom. The summed E-state index contributed by atoms with van der Waals surface area (Å²) in [7, 11) is 0. The van der Waals surface area contributed by atoms with E-state index in [1.165, 1.54) is 11.3 Å². The fourth-order valence-electron chi connectivity index (χ4n) is 3.00. The Bertz CT molecular complexity index is 1130. The minimum atomic E-state index is -0.882. The molecule has 1 aromatic heterocycles. The number of carboxylic acids is 1. The Morgan fingerprint density at radius 1 is 1.00 bits per heavy atom. The van der Waals surface area contributed by atoms with Crippen molar-refractivity contribution in [3.8, 4) is 5.75 Å². The van der Waals surface area contributed by atoms with Gasteiger partial charge in [-0.1, -0.05) is 54.6 Å². The van der Waals surface area contributed by atoms with E-state index in [0.717, 1.165) is 32.1 Å². The number of carboxylic acid groups (broad SMARTS) is 1. The van der Waals surface area contributed by atoms with Crippen LogP contribution >= 0.6 is 11.3 Å². The van der Waals surface area contributed by atoms with Gasteiger partial charge in [-0.25, -0.2) is 4.98 Å². The van der Waals surface area contributed by atoms with E-state index in [-0.39, 0.29) is 6.42 Å². The second-order valence-electron chi connectivity index (χ2n) is 6.57. The maximum Gasteiger partial charge on any atom is 0.307 e. The van der Waals surface area contributed by atoms with Crippen LogP contribution in [0.1, 0.15) is 22.6 Å². The molecule has 144 valence electrons. The van der Waals surface area contributed by atoms with E-state index in [2.05, 4.69) is 4.98 Å². The first-order valence-electron chi connectivity index (χ1n) is 9.22. The number of hydrogen-bond donors (Lipinski definition) is 1. The van der Waals surface area contributed by atoms with Crippen LogP contribution in [0.25, 0.3) is 21.9 Å². The highest BCUT2D eigenvalue weighted by atomic mass is 32.1. The maximum absolute atomic E-state index is 11.4. The third kappa shape index (κ3) is 4.89. The SMILES string of the molecule is O=C(O)C/C(=C\c1cccc(OCc2ccccc2)c1)c1nc2ccccc2s1. The molecule has 0 amide bonds. The molecule has 4 rings (SSSR count). The Balaban J connectivity index is 1.61. The number of thiazole rings is 1. The van der Waals surface area contributed by atoms with E-state index in [0.29, 0.717) is 12.2 Å². The molecule has 5 heteroatoms. The van der Waals surface area contributed by atoms with Crippen LogP contribution in [0.3, 0.4) is 0 Å². The average Bonchev–Trinajstić information content (AvgIpc) is 3.17. The molecule has 0 saturated carbocycles. The smallest absolute Gasteiger partial charge is 0.307 e. The molecule has 0 radical (unpaired) electrons. The molecule has 0 saturated heterocycles. The van der Waals surface area contributed by atoms with E-state index in [1.807, 2.05) is 84.9 Å². The van der Waals surface area contributed by atoms with E-state index >= 15 is 0 Å². The number of nitrogens with zero attached hydrogens (tertiary/aromatic N) is 1. The zero-order valence-electron chi connectivity index (χ0n) is 15.6. The van der Waals surface area contributed by atoms with Crippen molar-refractivity contribution >= 4 is 39.2 Å². The molecular weight excluding hydrogens is 382 g/mol. The van der Waals surface area contributed by atoms with E-state index in [9.17, 15) is 9.90 Å². The first-order chi connectivity index (χ1) is 14.2. The van der Waals surface area contributed by atoms with Crippen molar-refractivity contribution < 1.29 is 14.6 Å². The molecule has 29 heavy (non-hydrogen) atoms. The van der Waals surface area contributed by atoms with Gasteiger partial charge in [0, 0.05) is 0 Å². The lowest BCUT2D eigenvalue weighted by Gasteiger charge is -2.08. The average molecular weight is 401 g/mol. The summed E-state index contributed by atoms with van der Waals surface area (Å²) in [4.78, 5) is 16.0. The van der Waals surface area contributed by atoms with Crippen LogP contribution in [-0.2, 0) is 11.4 Å². The van der Waals surface area contributed by atoms with Gasteiger partial charge in [0.25, 0.3) is 0 Å². The summed E-state index contributed by atoms with van der Waals surface area (Å²) >= 11 is 1.50. The topological polar surface area (TPSA) is 59.4 Å². The minimum absolute atomic E-state index is 0.0884. The highest BCUT2D eigenvalue weighted by Crippen LogP contribution is 2.30. The predicted octanol–water partition coefficient (Wildman–Crippen LogP) is 5.89. The molecule has 0 atom stereocenters. The summed E-state index contributed by atoms with van der Waals surface area (Å²) in [5, 5.41) is 10.1. The van der Waals surface area contributed by atoms with Crippen LogP contribution in [-0.4, -0.2) is 16.1 Å². The summed E-state index contributed by atoms with van der Waals surface area (Å²) in [6.45, 7) is 0.480. The van der Waals surface area contributed by atoms with Gasteiger partial charge in [-0.2, -0.15) is 0 Å². The number of ether oxygens (including phenoxy) is 1. The number of aliphatic carboxylic acids is 1. The second kappa shape index (κ2) is 8.71. The van der Waals surface area contributed by atoms with Gasteiger partial charge in [0.05, 0.1) is 16.6 Å². The van der Waals surface area contributed by atoms with E-state index in [4.69, 9.17) is 4.74 Å². The van der Waals surface area contributed by atoms with Gasteiger partial charge in [-0.3, -0.25) is 4.79 Å². The number of hydrogen-bond acceptors (Lipinski definition) is 4. The van der Waals surface area contributed by atoms with Crippen LogP contribution in [0.5, 0.6) is 5.75 Å². The Kier molecular flexibility index (Phi) is 5.68. The molecular formula is C24H19NO3S. The minimum Gasteiger partial charge on any atom is -0.489 e. The van der Waals surface area contributed by atoms with Gasteiger partial charge in [0.15, 0.2) is 0 Å². The summed E-state index contributed by atoms with van der Waals surface area (Å²) < 4.78 is 6.93. The van der Waals surface area contributed by atoms with E-state index in [1.54, 1.807) is 0 Å². The lowest BCUT2D eigenvalue weighted by Crippen LogP contribution is -1.97. The fraction of sp³-hybridized carbons (Fsp3) is 0.0833. The highest BCUT2D eigenvalue weighted by molar-refractivity contribution is 7.19. The Hall–Kier alpha value is -3.44. The van der Waals surface area contributed by atoms with Crippen LogP contribution in [0.15, 0.2) is 78.9 Å². The number of carbonyl (C=O) groups is 1. The van der Waals surface area contributed by atoms with Crippen LogP contribution in [0, 0.1) is 0 Å². The Labute approximate surface area is 172 Å². The van der Waals surface area contributed by atoms with Gasteiger partial charge in [0.1, 0.15) is 17.4 Å². The summed E-state index contributed by atoms with van der Waals surface area (Å²) in [6.07, 6.45) is 1.79. The van der Waals surface area contributed by atoms with Crippen molar-refractivity contribution in [2.75, 3.05) is 0 Å². The normalized spacial score (nSPS) is 11.5. The molecule has 0 bridgehead atoms. The number of aromatic nitrogens is 1. The van der Waals surface area contributed by atoms with Crippen molar-refractivity contribution in [3.05, 3.63) is 95.0 Å². The lowest BCUT2D eigenvalue weighted by molar-refractivity contribution is -0.135. The zero-order chi connectivity index (χ0) is 20.1. The van der Waals surface area contributed by atoms with Crippen LogP contribution in [0.2, 0.25) is 0 Å². The molecule has 1 N–H and O–H groups in total. The third-order valence-electron chi connectivity index (χ3n) is 4.36. The van der Waals surface area contributed by atoms with Gasteiger partial charge in [-0.15, -0.1) is 11.3 Å². The molecule has 0 fully saturated rings. The number of para-hydroxylation sites is 1. The lowest BCUT2D eigenvalue weighted by atomic mass is 10.1. The van der Waals surface area contributed by atoms with Crippen molar-refractivity contribution in [2.24, 2.45) is 0 Å². The molecule has 0 aliphatic rings. The first-order valence-corrected chi connectivity index (χ1v) is 10.0. The van der Waals surface area contributed by atoms with Crippen LogP contribution < -0.4 is 4.74 Å². The number of rotatable bonds is 7. The number of benzene rings is 3. The second-order valence-corrected chi connectivity index (χ2v) is 7.60. The Morgan fingerprint density at radius 3 is 2.59 bits per heavy atom. The third-order valence-corrected chi connectivity index (χ3v) is 5.47. The zero-order valence-corrected chi connectivity index (χ0v) is 16.4. The fourth-order valence-corrected chi connectivity index (χ4v) is 3.98. The molecule has 0 unspecified atom stereocenters. The van der Waals surface area contributed by atoms with Gasteiger partial charge in [0.2, 0.25) is 0 Å². The monoisotopic (exact) mass is 401 g/mol. The van der Waals surface area contributed by atoms with Crippen molar-refractivity contribution in [2.45, 2.75) is 13.0 Å². The van der Waals surface area contributed by atoms with Gasteiger partial charge >= 0.3 is 5.97 Å². The molecule has 0 aliphatic carbocycles. The molecule has 4 aromatic rings. The highest BCUT2D eigenvalue weighted by Gasteiger charge is 2.13. The molecule has 0 aliphatic heterocycles. The van der Waals surface area contributed by atoms with Gasteiger partial charge in [-0.05, 0) is 47.0 Å². The van der Waals surface area contributed by atoms with Crippen molar-refractivity contribution in [3.63, 3.8) is 0 Å². The molecule has 3 aromatic carbocycles. The standard InChI is InChI=1S/C24H19NO3S/c26-23(27)15-19(24-25-21-11-4-5-12-22(21)29-24)13-18-9-6-10-20(14-18)28-16-17-7-2-1-3-8-17/h1-14H,15-16H2,(H,26,27)/b19-13+. The largest absolute Gasteiger partial charge is 0.489 e. The van der Waals surface area contributed by atoms with Crippen molar-refractivity contribution in [1.82, 2.24) is 4.98 Å². The number of fused-ring (bicyclic) bond motifs is 1. The predicted molar refractivity (Wildman–Crippen MR) is 117 cm³/mol. The summed E-state index contributed by atoms with van der Waals surface area (Å²) in [6, 6.07) is 25.4. The first kappa shape index (κ1) is 18.9. The van der Waals surface area contributed by atoms with Crippen molar-refractivity contribution in [1.29, 1.82) is 0 Å². The molecule has 0 spiro atoms.